The van der Waals surface area contributed by atoms with Gasteiger partial charge in [0.25, 0.3) is 0 Å². The van der Waals surface area contributed by atoms with Gasteiger partial charge in [0.2, 0.25) is 0 Å². The molecule has 5 rings (SSSR count). The maximum absolute atomic E-state index is 13.2. The third-order valence-electron chi connectivity index (χ3n) is 8.78. The number of hydrogen-bond donors (Lipinski definition) is 1. The Morgan fingerprint density at radius 2 is 1.87 bits per heavy atom. The Kier molecular flexibility index (Phi) is 7.38. The summed E-state index contributed by atoms with van der Waals surface area (Å²) in [5.74, 6) is 2.26. The number of benzene rings is 1. The first-order valence-corrected chi connectivity index (χ1v) is 13.9. The molecule has 1 aromatic heterocycles. The van der Waals surface area contributed by atoms with Gasteiger partial charge in [-0.1, -0.05) is 39.3 Å². The van der Waals surface area contributed by atoms with E-state index in [0.29, 0.717) is 34.4 Å². The largest absolute Gasteiger partial charge is 0.489 e. The van der Waals surface area contributed by atoms with Gasteiger partial charge < -0.3 is 19.9 Å². The molecule has 1 saturated carbocycles. The summed E-state index contributed by atoms with van der Waals surface area (Å²) in [6, 6.07) is 7.21. The number of anilines is 1. The van der Waals surface area contributed by atoms with Gasteiger partial charge in [0.05, 0.1) is 23.0 Å². The van der Waals surface area contributed by atoms with Crippen molar-refractivity contribution in [1.29, 1.82) is 5.26 Å². The zero-order chi connectivity index (χ0) is 27.1. The molecular formula is C29H37ClN6O2. The minimum atomic E-state index is -0.232. The molecule has 9 heteroatoms. The van der Waals surface area contributed by atoms with E-state index in [1.807, 2.05) is 0 Å². The van der Waals surface area contributed by atoms with Gasteiger partial charge in [0, 0.05) is 75.0 Å². The van der Waals surface area contributed by atoms with Crippen LogP contribution in [-0.2, 0) is 0 Å². The number of carbonyl (C=O) groups excluding carboxylic acids is 1. The van der Waals surface area contributed by atoms with Crippen LogP contribution in [0, 0.1) is 34.0 Å². The van der Waals surface area contributed by atoms with Gasteiger partial charge in [-0.25, -0.2) is 9.97 Å². The Morgan fingerprint density at radius 3 is 2.47 bits per heavy atom. The minimum absolute atomic E-state index is 0.00950. The van der Waals surface area contributed by atoms with E-state index in [1.165, 1.54) is 0 Å². The summed E-state index contributed by atoms with van der Waals surface area (Å²) < 4.78 is 6.35. The van der Waals surface area contributed by atoms with Gasteiger partial charge in [-0.05, 0) is 18.1 Å². The lowest BCUT2D eigenvalue weighted by Gasteiger charge is -2.63. The molecule has 1 aromatic carbocycles. The van der Waals surface area contributed by atoms with Crippen molar-refractivity contribution in [2.75, 3.05) is 50.7 Å². The lowest BCUT2D eigenvalue weighted by Crippen LogP contribution is -2.66. The zero-order valence-electron chi connectivity index (χ0n) is 22.7. The Labute approximate surface area is 230 Å². The van der Waals surface area contributed by atoms with Gasteiger partial charge in [0.15, 0.2) is 5.78 Å². The van der Waals surface area contributed by atoms with Gasteiger partial charge in [-0.3, -0.25) is 4.79 Å². The second-order valence-electron chi connectivity index (χ2n) is 12.2. The van der Waals surface area contributed by atoms with Gasteiger partial charge >= 0.3 is 0 Å². The van der Waals surface area contributed by atoms with Crippen molar-refractivity contribution in [2.45, 2.75) is 40.2 Å². The summed E-state index contributed by atoms with van der Waals surface area (Å²) in [4.78, 5) is 27.1. The van der Waals surface area contributed by atoms with Gasteiger partial charge in [0.1, 0.15) is 29.4 Å². The Morgan fingerprint density at radius 1 is 1.16 bits per heavy atom. The fourth-order valence-electron chi connectivity index (χ4n) is 6.86. The Balaban J connectivity index is 1.16. The molecule has 8 nitrogen and oxygen atoms in total. The lowest BCUT2D eigenvalue weighted by molar-refractivity contribution is -0.196. The first-order chi connectivity index (χ1) is 18.1. The predicted molar refractivity (Wildman–Crippen MR) is 148 cm³/mol. The van der Waals surface area contributed by atoms with Crippen LogP contribution in [0.4, 0.5) is 5.82 Å². The van der Waals surface area contributed by atoms with Crippen LogP contribution in [0.25, 0.3) is 0 Å². The van der Waals surface area contributed by atoms with Crippen molar-refractivity contribution in [3.05, 3.63) is 46.9 Å². The topological polar surface area (TPSA) is 94.4 Å². The summed E-state index contributed by atoms with van der Waals surface area (Å²) in [7, 11) is 0. The molecule has 3 fully saturated rings. The number of ether oxygens (including phenoxy) is 1. The van der Waals surface area contributed by atoms with Gasteiger partial charge in [-0.2, -0.15) is 5.26 Å². The summed E-state index contributed by atoms with van der Waals surface area (Å²) in [5, 5.41) is 12.9. The Hall–Kier alpha value is -2.73. The molecule has 0 bridgehead atoms. The van der Waals surface area contributed by atoms with Crippen molar-refractivity contribution < 1.29 is 9.53 Å². The van der Waals surface area contributed by atoms with E-state index >= 15 is 0 Å². The van der Waals surface area contributed by atoms with Crippen molar-refractivity contribution in [2.24, 2.45) is 22.7 Å². The van der Waals surface area contributed by atoms with Crippen LogP contribution in [0.3, 0.4) is 0 Å². The monoisotopic (exact) mass is 536 g/mol. The number of Topliss-reactive ketones (excluding diaryl/α,β-unsaturated/α-hetero) is 1. The van der Waals surface area contributed by atoms with E-state index in [-0.39, 0.29) is 28.6 Å². The average Bonchev–Trinajstić information content (AvgIpc) is 2.88. The smallest absolute Gasteiger partial charge is 0.183 e. The number of nitrogens with zero attached hydrogens (tertiary/aromatic N) is 5. The highest BCUT2D eigenvalue weighted by Crippen LogP contribution is 2.61. The highest BCUT2D eigenvalue weighted by molar-refractivity contribution is 6.31. The molecule has 202 valence electrons. The zero-order valence-corrected chi connectivity index (χ0v) is 23.5. The molecule has 0 spiro atoms. The van der Waals surface area contributed by atoms with Crippen molar-refractivity contribution >= 4 is 23.2 Å². The highest BCUT2D eigenvalue weighted by atomic mass is 35.5. The number of hydrogen-bond acceptors (Lipinski definition) is 8. The van der Waals surface area contributed by atoms with Crippen molar-refractivity contribution in [1.82, 2.24) is 20.2 Å². The molecular weight excluding hydrogens is 500 g/mol. The van der Waals surface area contributed by atoms with E-state index in [9.17, 15) is 4.79 Å². The summed E-state index contributed by atoms with van der Waals surface area (Å²) in [5.41, 5.74) is 0.376. The summed E-state index contributed by atoms with van der Waals surface area (Å²) in [6.45, 7) is 16.1. The summed E-state index contributed by atoms with van der Waals surface area (Å²) >= 11 is 6.20. The van der Waals surface area contributed by atoms with E-state index in [4.69, 9.17) is 21.6 Å². The third kappa shape index (κ3) is 5.12. The van der Waals surface area contributed by atoms with Crippen LogP contribution in [0.2, 0.25) is 5.02 Å². The molecule has 38 heavy (non-hydrogen) atoms. The number of halogens is 1. The molecule has 2 saturated heterocycles. The third-order valence-corrected chi connectivity index (χ3v) is 9.10. The number of ketones is 1. The van der Waals surface area contributed by atoms with Crippen LogP contribution in [0.1, 0.15) is 50.2 Å². The lowest BCUT2D eigenvalue weighted by atomic mass is 9.44. The highest BCUT2D eigenvalue weighted by Gasteiger charge is 2.63. The standard InChI is InChI=1S/C29H37ClN6O2/c1-28(2)25(29(3,4)27(28)38-21-6-5-20(13-31)22(30)11-21)12-24(37)23-14-34-26(15-33-23)36-17-19(18-36)16-35-9-7-32-8-10-35/h5-6,11,14-15,19,25,27,32H,7-10,12,16-18H2,1-4H3. The first-order valence-electron chi connectivity index (χ1n) is 13.5. The minimum Gasteiger partial charge on any atom is -0.489 e. The molecule has 0 unspecified atom stereocenters. The van der Waals surface area contributed by atoms with E-state index < -0.39 is 0 Å². The van der Waals surface area contributed by atoms with E-state index in [1.54, 1.807) is 30.6 Å². The molecule has 2 aliphatic heterocycles. The van der Waals surface area contributed by atoms with Crippen LogP contribution < -0.4 is 15.0 Å². The van der Waals surface area contributed by atoms with Gasteiger partial charge in [-0.15, -0.1) is 0 Å². The molecule has 1 N–H and O–H groups in total. The first kappa shape index (κ1) is 26.9. The van der Waals surface area contributed by atoms with Crippen molar-refractivity contribution in [3.8, 4) is 11.8 Å². The second kappa shape index (κ2) is 10.4. The van der Waals surface area contributed by atoms with Crippen molar-refractivity contribution in [3.63, 3.8) is 0 Å². The number of rotatable bonds is 8. The molecule has 0 amide bonds. The molecule has 0 atom stereocenters. The quantitative estimate of drug-likeness (QED) is 0.505. The van der Waals surface area contributed by atoms with E-state index in [0.717, 1.165) is 51.6 Å². The number of piperazine rings is 1. The molecule has 1 aliphatic carbocycles. The van der Waals surface area contributed by atoms with Crippen LogP contribution in [0.15, 0.2) is 30.6 Å². The van der Waals surface area contributed by atoms with E-state index in [2.05, 4.69) is 58.8 Å². The molecule has 3 aliphatic rings. The second-order valence-corrected chi connectivity index (χ2v) is 12.6. The fourth-order valence-corrected chi connectivity index (χ4v) is 7.08. The van der Waals surface area contributed by atoms with Crippen LogP contribution in [0.5, 0.6) is 5.75 Å². The average molecular weight is 537 g/mol. The number of carbonyl (C=O) groups is 1. The number of nitrogens with one attached hydrogen (secondary N) is 1. The Bertz CT molecular complexity index is 1200. The predicted octanol–water partition coefficient (Wildman–Crippen LogP) is 4.05. The SMILES string of the molecule is CC1(C)C(CC(=O)c2cnc(N3CC(CN4CCNCC4)C3)cn2)C(C)(C)C1Oc1ccc(C#N)c(Cl)c1. The molecule has 0 radical (unpaired) electrons. The molecule has 3 heterocycles. The van der Waals surface area contributed by atoms with Crippen LogP contribution >= 0.6 is 11.6 Å². The van der Waals surface area contributed by atoms with Crippen LogP contribution in [-0.4, -0.2) is 72.6 Å². The maximum Gasteiger partial charge on any atom is 0.183 e. The number of nitriles is 1. The number of aromatic nitrogens is 2. The fraction of sp³-hybridized carbons (Fsp3) is 0.586. The molecule has 2 aromatic rings. The maximum atomic E-state index is 13.2. The summed E-state index contributed by atoms with van der Waals surface area (Å²) in [6.07, 6.45) is 3.66. The normalized spacial score (nSPS) is 24.7.